The number of rotatable bonds is 5. The van der Waals surface area contributed by atoms with E-state index in [1.54, 1.807) is 6.07 Å². The molecule has 0 saturated heterocycles. The molecule has 120 valence electrons. The zero-order valence-electron chi connectivity index (χ0n) is 13.9. The maximum Gasteiger partial charge on any atom is 0.335 e. The fourth-order valence-corrected chi connectivity index (χ4v) is 2.98. The summed E-state index contributed by atoms with van der Waals surface area (Å²) < 4.78 is 2.26. The summed E-state index contributed by atoms with van der Waals surface area (Å²) in [6, 6.07) is 3.62. The van der Waals surface area contributed by atoms with Gasteiger partial charge in [0.2, 0.25) is 0 Å². The first-order chi connectivity index (χ1) is 10.3. The molecule has 0 aliphatic heterocycles. The number of hydrogen-bond donors (Lipinski definition) is 2. The van der Waals surface area contributed by atoms with Gasteiger partial charge in [-0.05, 0) is 48.1 Å². The topological polar surface area (TPSA) is 68.2 Å². The Labute approximate surface area is 131 Å². The van der Waals surface area contributed by atoms with Gasteiger partial charge in [0.1, 0.15) is 0 Å². The van der Waals surface area contributed by atoms with Crippen LogP contribution in [0.25, 0.3) is 10.9 Å². The molecule has 4 heteroatoms. The molecule has 0 aliphatic carbocycles. The van der Waals surface area contributed by atoms with Crippen LogP contribution in [0.5, 0.6) is 0 Å². The van der Waals surface area contributed by atoms with E-state index >= 15 is 0 Å². The monoisotopic (exact) mass is 302 g/mol. The lowest BCUT2D eigenvalue weighted by atomic mass is 9.84. The molecule has 3 N–H and O–H groups in total. The smallest absolute Gasteiger partial charge is 0.335 e. The van der Waals surface area contributed by atoms with Crippen LogP contribution in [-0.4, -0.2) is 22.2 Å². The van der Waals surface area contributed by atoms with Crippen molar-refractivity contribution in [1.82, 2.24) is 4.57 Å². The molecule has 0 bridgehead atoms. The minimum atomic E-state index is -0.880. The first kappa shape index (κ1) is 16.6. The van der Waals surface area contributed by atoms with Crippen LogP contribution in [0.4, 0.5) is 0 Å². The highest BCUT2D eigenvalue weighted by molar-refractivity contribution is 5.97. The molecule has 0 aliphatic rings. The second-order valence-electron chi connectivity index (χ2n) is 6.86. The highest BCUT2D eigenvalue weighted by Gasteiger charge is 2.23. The van der Waals surface area contributed by atoms with Crippen molar-refractivity contribution in [3.8, 4) is 0 Å². The molecule has 2 rings (SSSR count). The SMILES string of the molecule is CCCn1cc(CCN)c2cc(C(=O)O)cc(C(C)(C)C)c21. The second-order valence-corrected chi connectivity index (χ2v) is 6.86. The van der Waals surface area contributed by atoms with Gasteiger partial charge in [0, 0.05) is 18.1 Å². The number of carboxylic acids is 1. The lowest BCUT2D eigenvalue weighted by molar-refractivity contribution is 0.0697. The Hall–Kier alpha value is -1.81. The van der Waals surface area contributed by atoms with E-state index in [-0.39, 0.29) is 5.41 Å². The number of benzene rings is 1. The maximum absolute atomic E-state index is 11.5. The van der Waals surface area contributed by atoms with Gasteiger partial charge in [-0.3, -0.25) is 0 Å². The van der Waals surface area contributed by atoms with E-state index in [9.17, 15) is 9.90 Å². The van der Waals surface area contributed by atoms with Crippen LogP contribution in [0.2, 0.25) is 0 Å². The van der Waals surface area contributed by atoms with Crippen molar-refractivity contribution in [1.29, 1.82) is 0 Å². The summed E-state index contributed by atoms with van der Waals surface area (Å²) in [4.78, 5) is 11.5. The van der Waals surface area contributed by atoms with Gasteiger partial charge in [-0.2, -0.15) is 0 Å². The third kappa shape index (κ3) is 3.02. The fourth-order valence-electron chi connectivity index (χ4n) is 2.98. The molecule has 1 aromatic heterocycles. The molecule has 1 heterocycles. The zero-order valence-corrected chi connectivity index (χ0v) is 13.9. The number of nitrogens with two attached hydrogens (primary N) is 1. The Morgan fingerprint density at radius 1 is 1.32 bits per heavy atom. The summed E-state index contributed by atoms with van der Waals surface area (Å²) in [5.41, 5.74) is 9.34. The van der Waals surface area contributed by atoms with E-state index in [2.05, 4.69) is 38.5 Å². The highest BCUT2D eigenvalue weighted by atomic mass is 16.4. The van der Waals surface area contributed by atoms with Crippen LogP contribution in [0.15, 0.2) is 18.3 Å². The second kappa shape index (κ2) is 6.13. The number of nitrogens with zero attached hydrogens (tertiary/aromatic N) is 1. The Balaban J connectivity index is 2.85. The first-order valence-corrected chi connectivity index (χ1v) is 7.89. The number of aromatic carboxylic acids is 1. The van der Waals surface area contributed by atoms with Gasteiger partial charge >= 0.3 is 5.97 Å². The van der Waals surface area contributed by atoms with E-state index < -0.39 is 5.97 Å². The molecule has 22 heavy (non-hydrogen) atoms. The quantitative estimate of drug-likeness (QED) is 0.887. The zero-order chi connectivity index (χ0) is 16.5. The third-order valence-corrected chi connectivity index (χ3v) is 3.99. The van der Waals surface area contributed by atoms with E-state index in [4.69, 9.17) is 5.73 Å². The average molecular weight is 302 g/mol. The van der Waals surface area contributed by atoms with Gasteiger partial charge in [0.05, 0.1) is 11.1 Å². The summed E-state index contributed by atoms with van der Waals surface area (Å²) in [5.74, 6) is -0.880. The molecule has 0 atom stereocenters. The van der Waals surface area contributed by atoms with Crippen molar-refractivity contribution in [3.05, 3.63) is 35.0 Å². The molecule has 0 unspecified atom stereocenters. The summed E-state index contributed by atoms with van der Waals surface area (Å²) >= 11 is 0. The van der Waals surface area contributed by atoms with Crippen molar-refractivity contribution in [2.75, 3.05) is 6.54 Å². The molecule has 4 nitrogen and oxygen atoms in total. The van der Waals surface area contributed by atoms with Crippen molar-refractivity contribution in [2.24, 2.45) is 5.73 Å². The Morgan fingerprint density at radius 3 is 2.50 bits per heavy atom. The van der Waals surface area contributed by atoms with Crippen molar-refractivity contribution < 1.29 is 9.90 Å². The van der Waals surface area contributed by atoms with Crippen LogP contribution < -0.4 is 5.73 Å². The lowest BCUT2D eigenvalue weighted by Crippen LogP contribution is -2.15. The van der Waals surface area contributed by atoms with E-state index in [0.717, 1.165) is 41.4 Å². The molecule has 2 aromatic rings. The van der Waals surface area contributed by atoms with Gasteiger partial charge in [-0.15, -0.1) is 0 Å². The standard InChI is InChI=1S/C18H26N2O2/c1-5-8-20-11-12(6-7-19)14-9-13(17(21)22)10-15(16(14)20)18(2,3)4/h9-11H,5-8,19H2,1-4H3,(H,21,22). The number of aryl methyl sites for hydroxylation is 1. The number of fused-ring (bicyclic) bond motifs is 1. The lowest BCUT2D eigenvalue weighted by Gasteiger charge is -2.22. The molecule has 0 fully saturated rings. The predicted octanol–water partition coefficient (Wildman–Crippen LogP) is 3.55. The predicted molar refractivity (Wildman–Crippen MR) is 90.6 cm³/mol. The molecular formula is C18H26N2O2. The molecular weight excluding hydrogens is 276 g/mol. The summed E-state index contributed by atoms with van der Waals surface area (Å²) in [6.07, 6.45) is 3.94. The van der Waals surface area contributed by atoms with Crippen LogP contribution in [0, 0.1) is 0 Å². The average Bonchev–Trinajstić information content (AvgIpc) is 2.76. The summed E-state index contributed by atoms with van der Waals surface area (Å²) in [6.45, 7) is 10.0. The van der Waals surface area contributed by atoms with Gasteiger partial charge in [-0.1, -0.05) is 27.7 Å². The van der Waals surface area contributed by atoms with Crippen LogP contribution in [0.1, 0.15) is 55.6 Å². The minimum Gasteiger partial charge on any atom is -0.478 e. The largest absolute Gasteiger partial charge is 0.478 e. The number of aromatic nitrogens is 1. The number of carboxylic acid groups (broad SMARTS) is 1. The normalized spacial score (nSPS) is 12.0. The van der Waals surface area contributed by atoms with Gasteiger partial charge in [0.15, 0.2) is 0 Å². The van der Waals surface area contributed by atoms with Gasteiger partial charge in [-0.25, -0.2) is 4.79 Å². The molecule has 0 radical (unpaired) electrons. The highest BCUT2D eigenvalue weighted by Crippen LogP contribution is 2.34. The van der Waals surface area contributed by atoms with E-state index in [1.807, 2.05) is 6.07 Å². The van der Waals surface area contributed by atoms with Crippen LogP contribution >= 0.6 is 0 Å². The number of carbonyl (C=O) groups is 1. The summed E-state index contributed by atoms with van der Waals surface area (Å²) in [7, 11) is 0. The third-order valence-electron chi connectivity index (χ3n) is 3.99. The molecule has 0 spiro atoms. The van der Waals surface area contributed by atoms with Gasteiger partial charge in [0.25, 0.3) is 0 Å². The van der Waals surface area contributed by atoms with Crippen LogP contribution in [-0.2, 0) is 18.4 Å². The number of hydrogen-bond acceptors (Lipinski definition) is 2. The Bertz CT molecular complexity index is 693. The van der Waals surface area contributed by atoms with Crippen molar-refractivity contribution in [2.45, 2.75) is 52.5 Å². The minimum absolute atomic E-state index is 0.118. The van der Waals surface area contributed by atoms with E-state index in [1.165, 1.54) is 0 Å². The van der Waals surface area contributed by atoms with Gasteiger partial charge < -0.3 is 15.4 Å². The summed E-state index contributed by atoms with van der Waals surface area (Å²) in [5, 5.41) is 10.5. The Morgan fingerprint density at radius 2 is 2.00 bits per heavy atom. The molecule has 0 amide bonds. The molecule has 0 saturated carbocycles. The maximum atomic E-state index is 11.5. The Kier molecular flexibility index (Phi) is 4.61. The fraction of sp³-hybridized carbons (Fsp3) is 0.500. The van der Waals surface area contributed by atoms with Crippen molar-refractivity contribution >= 4 is 16.9 Å². The first-order valence-electron chi connectivity index (χ1n) is 7.89. The van der Waals surface area contributed by atoms with E-state index in [0.29, 0.717) is 12.1 Å². The van der Waals surface area contributed by atoms with Crippen LogP contribution in [0.3, 0.4) is 0 Å². The van der Waals surface area contributed by atoms with Crippen molar-refractivity contribution in [3.63, 3.8) is 0 Å². The molecule has 1 aromatic carbocycles.